The van der Waals surface area contributed by atoms with Crippen molar-refractivity contribution in [1.29, 1.82) is 0 Å². The van der Waals surface area contributed by atoms with Gasteiger partial charge < -0.3 is 24.5 Å². The molecule has 0 atom stereocenters. The van der Waals surface area contributed by atoms with Crippen molar-refractivity contribution in [2.45, 2.75) is 0 Å². The zero-order valence-corrected chi connectivity index (χ0v) is 4.50. The van der Waals surface area contributed by atoms with Crippen molar-refractivity contribution in [3.63, 3.8) is 0 Å². The molecule has 6 heteroatoms. The molecular weight excluding hydrogens is 160 g/mol. The van der Waals surface area contributed by atoms with Gasteiger partial charge in [0.2, 0.25) is 0 Å². The van der Waals surface area contributed by atoms with E-state index in [1.165, 1.54) is 0 Å². The first-order valence-electron chi connectivity index (χ1n) is 1.22. The number of carbonyl (C=O) groups is 2. The normalized spacial score (nSPS) is 6.50. The van der Waals surface area contributed by atoms with Gasteiger partial charge in [-0.3, -0.25) is 0 Å². The second kappa shape index (κ2) is 4.42. The molecule has 1 radical (unpaired) electrons. The standard InChI is InChI=1S/C2H2O5.Fe/c3-1(4)7-2(5)6;/h(H,3,4)(H,5,6);/q;+3/p-2. The zero-order chi connectivity index (χ0) is 5.86. The molecule has 0 unspecified atom stereocenters. The number of carbonyl (C=O) groups excluding carboxylic acids is 2. The summed E-state index contributed by atoms with van der Waals surface area (Å²) in [4.78, 5) is 18.1. The number of hydrogen-bond acceptors (Lipinski definition) is 5. The Morgan fingerprint density at radius 1 is 1.12 bits per heavy atom. The maximum atomic E-state index is 9.06. The summed E-state index contributed by atoms with van der Waals surface area (Å²) in [6.45, 7) is 0. The van der Waals surface area contributed by atoms with E-state index in [9.17, 15) is 0 Å². The molecule has 45 valence electrons. The fraction of sp³-hybridized carbons (Fsp3) is 0. The van der Waals surface area contributed by atoms with Crippen LogP contribution >= 0.6 is 0 Å². The van der Waals surface area contributed by atoms with Crippen molar-refractivity contribution in [3.05, 3.63) is 0 Å². The van der Waals surface area contributed by atoms with E-state index in [4.69, 9.17) is 19.8 Å². The van der Waals surface area contributed by atoms with Gasteiger partial charge in [-0.15, -0.1) is 0 Å². The summed E-state index contributed by atoms with van der Waals surface area (Å²) in [5.74, 6) is 0. The van der Waals surface area contributed by atoms with Crippen LogP contribution in [-0.2, 0) is 21.8 Å². The SMILES string of the molecule is O=C([O-])OC(=O)[O-].[Fe+3]. The van der Waals surface area contributed by atoms with Gasteiger partial charge in [0.25, 0.3) is 12.3 Å². The third-order valence-electron chi connectivity index (χ3n) is 0.167. The fourth-order valence-electron chi connectivity index (χ4n) is 0.0680. The van der Waals surface area contributed by atoms with Crippen LogP contribution < -0.4 is 10.2 Å². The third kappa shape index (κ3) is 8.98. The van der Waals surface area contributed by atoms with Gasteiger partial charge in [-0.25, -0.2) is 0 Å². The average Bonchev–Trinajstić information content (AvgIpc) is 1.27. The molecule has 0 saturated heterocycles. The average molecular weight is 160 g/mol. The second-order valence-corrected chi connectivity index (χ2v) is 0.602. The van der Waals surface area contributed by atoms with E-state index < -0.39 is 12.3 Å². The monoisotopic (exact) mass is 160 g/mol. The van der Waals surface area contributed by atoms with Crippen LogP contribution in [0.2, 0.25) is 0 Å². The molecule has 5 nitrogen and oxygen atoms in total. The first-order valence-corrected chi connectivity index (χ1v) is 1.22. The predicted octanol–water partition coefficient (Wildman–Crippen LogP) is -2.31. The molecule has 0 spiro atoms. The van der Waals surface area contributed by atoms with Gasteiger partial charge in [0, 0.05) is 0 Å². The van der Waals surface area contributed by atoms with Crippen LogP contribution in [0, 0.1) is 0 Å². The number of ether oxygens (including phenoxy) is 1. The summed E-state index contributed by atoms with van der Waals surface area (Å²) in [7, 11) is 0. The van der Waals surface area contributed by atoms with Crippen LogP contribution in [-0.4, -0.2) is 12.3 Å². The minimum Gasteiger partial charge on any atom is -0.483 e. The summed E-state index contributed by atoms with van der Waals surface area (Å²) in [5, 5.41) is 18.1. The Balaban J connectivity index is 0. The van der Waals surface area contributed by atoms with Crippen LogP contribution in [0.4, 0.5) is 9.59 Å². The molecule has 0 aliphatic carbocycles. The summed E-state index contributed by atoms with van der Waals surface area (Å²) >= 11 is 0. The fourth-order valence-corrected chi connectivity index (χ4v) is 0.0680. The van der Waals surface area contributed by atoms with Crippen LogP contribution in [0.3, 0.4) is 0 Å². The molecule has 0 aromatic carbocycles. The molecule has 0 fully saturated rings. The summed E-state index contributed by atoms with van der Waals surface area (Å²) in [6, 6.07) is 0. The van der Waals surface area contributed by atoms with E-state index in [0.717, 1.165) is 0 Å². The van der Waals surface area contributed by atoms with Gasteiger partial charge >= 0.3 is 17.1 Å². The van der Waals surface area contributed by atoms with Crippen LogP contribution in [0.15, 0.2) is 0 Å². The second-order valence-electron chi connectivity index (χ2n) is 0.602. The third-order valence-corrected chi connectivity index (χ3v) is 0.167. The maximum Gasteiger partial charge on any atom is 3.00 e. The zero-order valence-electron chi connectivity index (χ0n) is 3.39. The topological polar surface area (TPSA) is 89.5 Å². The minimum atomic E-state index is -2.12. The van der Waals surface area contributed by atoms with Gasteiger partial charge in [-0.05, 0) is 0 Å². The van der Waals surface area contributed by atoms with Crippen molar-refractivity contribution in [3.8, 4) is 0 Å². The predicted molar refractivity (Wildman–Crippen MR) is 11.9 cm³/mol. The molecular formula is C2FeO5+. The van der Waals surface area contributed by atoms with Crippen molar-refractivity contribution in [2.75, 3.05) is 0 Å². The van der Waals surface area contributed by atoms with Crippen molar-refractivity contribution >= 4 is 12.3 Å². The van der Waals surface area contributed by atoms with Gasteiger partial charge in [-0.2, -0.15) is 0 Å². The molecule has 0 bridgehead atoms. The molecule has 0 heterocycles. The quantitative estimate of drug-likeness (QED) is 0.225. The summed E-state index contributed by atoms with van der Waals surface area (Å²) < 4.78 is 2.86. The number of rotatable bonds is 0. The molecule has 0 aliphatic heterocycles. The largest absolute Gasteiger partial charge is 3.00 e. The first-order chi connectivity index (χ1) is 3.13. The maximum absolute atomic E-state index is 9.06. The van der Waals surface area contributed by atoms with E-state index in [2.05, 4.69) is 4.74 Å². The Morgan fingerprint density at radius 2 is 1.38 bits per heavy atom. The number of carboxylic acid groups (broad SMARTS) is 2. The summed E-state index contributed by atoms with van der Waals surface area (Å²) in [6.07, 6.45) is -4.25. The molecule has 0 rings (SSSR count). The van der Waals surface area contributed by atoms with Gasteiger partial charge in [0.15, 0.2) is 0 Å². The van der Waals surface area contributed by atoms with Crippen molar-refractivity contribution in [2.24, 2.45) is 0 Å². The van der Waals surface area contributed by atoms with Crippen molar-refractivity contribution in [1.82, 2.24) is 0 Å². The Labute approximate surface area is 54.7 Å². The van der Waals surface area contributed by atoms with Gasteiger partial charge in [-0.1, -0.05) is 0 Å². The molecule has 0 aromatic rings. The first kappa shape index (κ1) is 10.3. The Bertz CT molecular complexity index is 86.6. The minimum absolute atomic E-state index is 0. The summed E-state index contributed by atoms with van der Waals surface area (Å²) in [5.41, 5.74) is 0. The van der Waals surface area contributed by atoms with E-state index in [0.29, 0.717) is 0 Å². The van der Waals surface area contributed by atoms with Crippen molar-refractivity contribution < 1.29 is 41.6 Å². The molecule has 0 aliphatic rings. The van der Waals surface area contributed by atoms with Gasteiger partial charge in [0.05, 0.1) is 0 Å². The molecule has 0 aromatic heterocycles. The van der Waals surface area contributed by atoms with Gasteiger partial charge in [0.1, 0.15) is 0 Å². The van der Waals surface area contributed by atoms with Crippen LogP contribution in [0.25, 0.3) is 0 Å². The van der Waals surface area contributed by atoms with E-state index in [1.807, 2.05) is 0 Å². The Hall–Kier alpha value is -0.741. The Morgan fingerprint density at radius 3 is 1.38 bits per heavy atom. The smallest absolute Gasteiger partial charge is 0.483 e. The Kier molecular flexibility index (Phi) is 5.68. The molecule has 0 amide bonds. The van der Waals surface area contributed by atoms with E-state index in [1.54, 1.807) is 0 Å². The van der Waals surface area contributed by atoms with E-state index in [-0.39, 0.29) is 17.1 Å². The molecule has 0 N–H and O–H groups in total. The molecule has 8 heavy (non-hydrogen) atoms. The van der Waals surface area contributed by atoms with Crippen LogP contribution in [0.5, 0.6) is 0 Å². The van der Waals surface area contributed by atoms with E-state index >= 15 is 0 Å². The number of hydrogen-bond donors (Lipinski definition) is 0. The van der Waals surface area contributed by atoms with Crippen LogP contribution in [0.1, 0.15) is 0 Å². The molecule has 0 saturated carbocycles.